The van der Waals surface area contributed by atoms with Crippen molar-refractivity contribution in [3.05, 3.63) is 65.5 Å². The largest absolute Gasteiger partial charge is 0.350 e. The summed E-state index contributed by atoms with van der Waals surface area (Å²) < 4.78 is 13.5. The molecule has 2 rings (SSSR count). The summed E-state index contributed by atoms with van der Waals surface area (Å²) in [6.07, 6.45) is 0. The van der Waals surface area contributed by atoms with Crippen LogP contribution in [0.1, 0.15) is 22.8 Å². The van der Waals surface area contributed by atoms with Crippen molar-refractivity contribution in [3.8, 4) is 6.07 Å². The molecule has 24 heavy (non-hydrogen) atoms. The fraction of sp³-hybridized carbons (Fsp3) is 0.167. The van der Waals surface area contributed by atoms with Crippen LogP contribution >= 0.6 is 0 Å². The van der Waals surface area contributed by atoms with Gasteiger partial charge in [-0.05, 0) is 30.3 Å². The molecule has 2 amide bonds. The first-order valence-corrected chi connectivity index (χ1v) is 7.34. The number of nitrogens with zero attached hydrogens (tertiary/aromatic N) is 2. The highest BCUT2D eigenvalue weighted by Crippen LogP contribution is 2.16. The van der Waals surface area contributed by atoms with Crippen molar-refractivity contribution >= 4 is 17.5 Å². The third-order valence-corrected chi connectivity index (χ3v) is 3.41. The lowest BCUT2D eigenvalue weighted by atomic mass is 10.2. The molecule has 0 spiro atoms. The molecule has 0 saturated carbocycles. The minimum absolute atomic E-state index is 0.0432. The Morgan fingerprint density at radius 2 is 1.96 bits per heavy atom. The van der Waals surface area contributed by atoms with Crippen LogP contribution < -0.4 is 10.2 Å². The van der Waals surface area contributed by atoms with E-state index in [1.54, 1.807) is 30.3 Å². The molecule has 0 radical (unpaired) electrons. The number of rotatable bonds is 5. The molecule has 5 nitrogen and oxygen atoms in total. The van der Waals surface area contributed by atoms with Crippen LogP contribution in [0.4, 0.5) is 10.1 Å². The van der Waals surface area contributed by atoms with Crippen molar-refractivity contribution in [2.24, 2.45) is 0 Å². The average molecular weight is 325 g/mol. The second-order valence-electron chi connectivity index (χ2n) is 5.07. The third kappa shape index (κ3) is 4.17. The lowest BCUT2D eigenvalue weighted by Crippen LogP contribution is -2.37. The van der Waals surface area contributed by atoms with E-state index in [-0.39, 0.29) is 24.6 Å². The maximum absolute atomic E-state index is 13.5. The fourth-order valence-corrected chi connectivity index (χ4v) is 2.23. The molecule has 0 unspecified atom stereocenters. The van der Waals surface area contributed by atoms with Gasteiger partial charge in [-0.3, -0.25) is 9.59 Å². The van der Waals surface area contributed by atoms with Crippen LogP contribution in [0.2, 0.25) is 0 Å². The summed E-state index contributed by atoms with van der Waals surface area (Å²) in [5.74, 6) is -1.35. The minimum atomic E-state index is -0.597. The number of anilines is 1. The first kappa shape index (κ1) is 17.2. The zero-order valence-corrected chi connectivity index (χ0v) is 13.1. The van der Waals surface area contributed by atoms with Crippen LogP contribution in [0.5, 0.6) is 0 Å². The van der Waals surface area contributed by atoms with Gasteiger partial charge in [0.25, 0.3) is 5.91 Å². The van der Waals surface area contributed by atoms with E-state index in [1.807, 2.05) is 6.07 Å². The number of carbonyl (C=O) groups is 2. The van der Waals surface area contributed by atoms with Crippen molar-refractivity contribution < 1.29 is 14.0 Å². The van der Waals surface area contributed by atoms with E-state index < -0.39 is 11.7 Å². The molecule has 0 atom stereocenters. The van der Waals surface area contributed by atoms with E-state index in [4.69, 9.17) is 5.26 Å². The maximum atomic E-state index is 13.5. The molecule has 0 bridgehead atoms. The second kappa shape index (κ2) is 7.88. The average Bonchev–Trinajstić information content (AvgIpc) is 2.58. The van der Waals surface area contributed by atoms with Gasteiger partial charge in [0.2, 0.25) is 5.91 Å². The molecule has 6 heteroatoms. The molecule has 0 aromatic heterocycles. The summed E-state index contributed by atoms with van der Waals surface area (Å²) in [5, 5.41) is 11.5. The van der Waals surface area contributed by atoms with Crippen LogP contribution in [0, 0.1) is 17.1 Å². The highest BCUT2D eigenvalue weighted by Gasteiger charge is 2.14. The van der Waals surface area contributed by atoms with Gasteiger partial charge in [-0.15, -0.1) is 0 Å². The lowest BCUT2D eigenvalue weighted by molar-refractivity contribution is -0.116. The van der Waals surface area contributed by atoms with Crippen LogP contribution in [0.25, 0.3) is 0 Å². The molecule has 0 fully saturated rings. The van der Waals surface area contributed by atoms with Crippen molar-refractivity contribution in [1.82, 2.24) is 5.32 Å². The molecule has 0 aliphatic carbocycles. The summed E-state index contributed by atoms with van der Waals surface area (Å²) in [4.78, 5) is 25.2. The van der Waals surface area contributed by atoms with Gasteiger partial charge in [-0.25, -0.2) is 4.39 Å². The van der Waals surface area contributed by atoms with Crippen LogP contribution in [-0.4, -0.2) is 24.9 Å². The van der Waals surface area contributed by atoms with Gasteiger partial charge in [0.1, 0.15) is 5.82 Å². The van der Waals surface area contributed by atoms with Crippen molar-refractivity contribution in [2.45, 2.75) is 6.92 Å². The van der Waals surface area contributed by atoms with Gasteiger partial charge in [-0.2, -0.15) is 5.26 Å². The zero-order valence-electron chi connectivity index (χ0n) is 13.1. The predicted molar refractivity (Wildman–Crippen MR) is 87.9 cm³/mol. The first-order valence-electron chi connectivity index (χ1n) is 7.34. The molecule has 0 aliphatic heterocycles. The van der Waals surface area contributed by atoms with Gasteiger partial charge in [0, 0.05) is 25.7 Å². The molecule has 0 saturated heterocycles. The molecule has 1 N–H and O–H groups in total. The Kier molecular flexibility index (Phi) is 5.63. The molecule has 0 heterocycles. The Morgan fingerprint density at radius 3 is 2.62 bits per heavy atom. The minimum Gasteiger partial charge on any atom is -0.350 e. The van der Waals surface area contributed by atoms with Gasteiger partial charge >= 0.3 is 0 Å². The Balaban J connectivity index is 2.02. The second-order valence-corrected chi connectivity index (χ2v) is 5.07. The molecular weight excluding hydrogens is 309 g/mol. The Bertz CT molecular complexity index is 799. The summed E-state index contributed by atoms with van der Waals surface area (Å²) in [7, 11) is 0. The third-order valence-electron chi connectivity index (χ3n) is 3.41. The van der Waals surface area contributed by atoms with E-state index in [9.17, 15) is 14.0 Å². The van der Waals surface area contributed by atoms with Gasteiger partial charge in [0.15, 0.2) is 0 Å². The lowest BCUT2D eigenvalue weighted by Gasteiger charge is -2.21. The van der Waals surface area contributed by atoms with Crippen molar-refractivity contribution in [2.75, 3.05) is 18.0 Å². The van der Waals surface area contributed by atoms with E-state index in [0.717, 1.165) is 0 Å². The van der Waals surface area contributed by atoms with Crippen LogP contribution in [0.15, 0.2) is 48.5 Å². The van der Waals surface area contributed by atoms with Gasteiger partial charge < -0.3 is 10.2 Å². The Hall–Kier alpha value is -3.20. The van der Waals surface area contributed by atoms with Gasteiger partial charge in [0.05, 0.1) is 17.2 Å². The topological polar surface area (TPSA) is 73.2 Å². The highest BCUT2D eigenvalue weighted by atomic mass is 19.1. The number of carbonyl (C=O) groups excluding carboxylic acids is 2. The molecule has 2 aromatic carbocycles. The molecule has 0 aliphatic rings. The van der Waals surface area contributed by atoms with E-state index >= 15 is 0 Å². The SMILES string of the molecule is CC(=O)N(CCNC(=O)c1ccccc1F)c1cccc(C#N)c1. The normalized spacial score (nSPS) is 9.88. The predicted octanol–water partition coefficient (Wildman–Crippen LogP) is 2.48. The summed E-state index contributed by atoms with van der Waals surface area (Å²) in [5.41, 5.74) is 0.967. The number of nitrogens with one attached hydrogen (secondary N) is 1. The number of nitriles is 1. The number of hydrogen-bond donors (Lipinski definition) is 1. The number of amides is 2. The van der Waals surface area contributed by atoms with Crippen molar-refractivity contribution in [1.29, 1.82) is 5.26 Å². The monoisotopic (exact) mass is 325 g/mol. The van der Waals surface area contributed by atoms with E-state index in [0.29, 0.717) is 11.3 Å². The summed E-state index contributed by atoms with van der Waals surface area (Å²) in [6, 6.07) is 14.3. The summed E-state index contributed by atoms with van der Waals surface area (Å²) in [6.45, 7) is 1.77. The van der Waals surface area contributed by atoms with Gasteiger partial charge in [-0.1, -0.05) is 18.2 Å². The Labute approximate surface area is 139 Å². The highest BCUT2D eigenvalue weighted by molar-refractivity contribution is 5.95. The Morgan fingerprint density at radius 1 is 1.21 bits per heavy atom. The maximum Gasteiger partial charge on any atom is 0.254 e. The van der Waals surface area contributed by atoms with Crippen molar-refractivity contribution in [3.63, 3.8) is 0 Å². The first-order chi connectivity index (χ1) is 11.5. The van der Waals surface area contributed by atoms with E-state index in [1.165, 1.54) is 30.0 Å². The summed E-state index contributed by atoms with van der Waals surface area (Å²) >= 11 is 0. The van der Waals surface area contributed by atoms with Crippen LogP contribution in [0.3, 0.4) is 0 Å². The zero-order chi connectivity index (χ0) is 17.5. The standard InChI is InChI=1S/C18H16FN3O2/c1-13(23)22(15-6-4-5-14(11-15)12-20)10-9-21-18(24)16-7-2-3-8-17(16)19/h2-8,11H,9-10H2,1H3,(H,21,24). The molecule has 2 aromatic rings. The number of benzene rings is 2. The quantitative estimate of drug-likeness (QED) is 0.918. The molecule has 122 valence electrons. The number of halogens is 1. The van der Waals surface area contributed by atoms with E-state index in [2.05, 4.69) is 5.32 Å². The number of hydrogen-bond acceptors (Lipinski definition) is 3. The fourth-order valence-electron chi connectivity index (χ4n) is 2.23. The van der Waals surface area contributed by atoms with Crippen LogP contribution in [-0.2, 0) is 4.79 Å². The molecular formula is C18H16FN3O2. The smallest absolute Gasteiger partial charge is 0.254 e.